The van der Waals surface area contributed by atoms with Crippen LogP contribution in [0, 0.1) is 12.8 Å². The molecule has 0 bridgehead atoms. The van der Waals surface area contributed by atoms with Gasteiger partial charge in [0.15, 0.2) is 0 Å². The second kappa shape index (κ2) is 6.31. The number of para-hydroxylation sites is 1. The predicted molar refractivity (Wildman–Crippen MR) is 86.9 cm³/mol. The average Bonchev–Trinajstić information content (AvgIpc) is 2.80. The van der Waals surface area contributed by atoms with Crippen LogP contribution in [0.5, 0.6) is 0 Å². The van der Waals surface area contributed by atoms with E-state index >= 15 is 0 Å². The predicted octanol–water partition coefficient (Wildman–Crippen LogP) is 3.28. The van der Waals surface area contributed by atoms with Gasteiger partial charge in [-0.05, 0) is 51.4 Å². The third-order valence-corrected chi connectivity index (χ3v) is 4.10. The Hall–Kier alpha value is -1.81. The van der Waals surface area contributed by atoms with Crippen LogP contribution >= 0.6 is 0 Å². The summed E-state index contributed by atoms with van der Waals surface area (Å²) in [4.78, 5) is 7.06. The molecule has 2 aromatic rings. The highest BCUT2D eigenvalue weighted by Crippen LogP contribution is 2.21. The van der Waals surface area contributed by atoms with Gasteiger partial charge < -0.3 is 14.8 Å². The Kier molecular flexibility index (Phi) is 4.25. The van der Waals surface area contributed by atoms with Crippen molar-refractivity contribution in [1.82, 2.24) is 14.5 Å². The van der Waals surface area contributed by atoms with E-state index in [2.05, 4.69) is 52.1 Å². The molecule has 4 heteroatoms. The van der Waals surface area contributed by atoms with Crippen LogP contribution in [-0.2, 0) is 6.54 Å². The molecule has 4 nitrogen and oxygen atoms in total. The first-order valence-electron chi connectivity index (χ1n) is 7.75. The van der Waals surface area contributed by atoms with Gasteiger partial charge in [0.2, 0.25) is 5.95 Å². The maximum absolute atomic E-state index is 4.63. The molecule has 0 spiro atoms. The van der Waals surface area contributed by atoms with Crippen molar-refractivity contribution in [1.29, 1.82) is 0 Å². The lowest BCUT2D eigenvalue weighted by Crippen LogP contribution is -2.34. The fourth-order valence-corrected chi connectivity index (χ4v) is 3.14. The summed E-state index contributed by atoms with van der Waals surface area (Å²) < 4.78 is 2.27. The first-order valence-corrected chi connectivity index (χ1v) is 7.75. The molecule has 1 aliphatic rings. The quantitative estimate of drug-likeness (QED) is 0.935. The Bertz CT molecular complexity index is 576. The number of anilines is 2. The molecule has 0 saturated carbocycles. The number of imidazole rings is 1. The number of likely N-dealkylation sites (tertiary alicyclic amines) is 1. The molecule has 1 aromatic heterocycles. The Balaban J connectivity index is 1.73. The van der Waals surface area contributed by atoms with Crippen molar-refractivity contribution in [3.8, 4) is 0 Å². The van der Waals surface area contributed by atoms with E-state index in [4.69, 9.17) is 0 Å². The normalized spacial score (nSPS) is 19.6. The molecule has 1 unspecified atom stereocenters. The van der Waals surface area contributed by atoms with E-state index in [1.54, 1.807) is 0 Å². The van der Waals surface area contributed by atoms with Gasteiger partial charge in [-0.25, -0.2) is 4.98 Å². The van der Waals surface area contributed by atoms with Crippen LogP contribution in [0.25, 0.3) is 0 Å². The highest BCUT2D eigenvalue weighted by molar-refractivity contribution is 5.53. The molecule has 1 fully saturated rings. The van der Waals surface area contributed by atoms with E-state index in [0.717, 1.165) is 23.9 Å². The summed E-state index contributed by atoms with van der Waals surface area (Å²) in [5, 5.41) is 3.43. The Morgan fingerprint density at radius 3 is 2.86 bits per heavy atom. The Morgan fingerprint density at radius 1 is 1.29 bits per heavy atom. The number of hydrogen-bond acceptors (Lipinski definition) is 3. The molecule has 0 amide bonds. The lowest BCUT2D eigenvalue weighted by Gasteiger charge is -2.30. The van der Waals surface area contributed by atoms with Gasteiger partial charge in [0.1, 0.15) is 0 Å². The molecule has 1 aliphatic heterocycles. The number of aryl methyl sites for hydroxylation is 1. The van der Waals surface area contributed by atoms with Gasteiger partial charge in [-0.15, -0.1) is 0 Å². The van der Waals surface area contributed by atoms with E-state index in [0.29, 0.717) is 5.92 Å². The van der Waals surface area contributed by atoms with Crippen LogP contribution in [0.3, 0.4) is 0 Å². The van der Waals surface area contributed by atoms with E-state index in [1.807, 2.05) is 18.2 Å². The van der Waals surface area contributed by atoms with Crippen molar-refractivity contribution >= 4 is 11.6 Å². The lowest BCUT2D eigenvalue weighted by atomic mass is 9.98. The summed E-state index contributed by atoms with van der Waals surface area (Å²) in [6, 6.07) is 10.3. The molecular weight excluding hydrogens is 260 g/mol. The second-order valence-electron chi connectivity index (χ2n) is 6.12. The van der Waals surface area contributed by atoms with Gasteiger partial charge in [-0.3, -0.25) is 0 Å². The molecule has 1 N–H and O–H groups in total. The number of hydrogen-bond donors (Lipinski definition) is 1. The van der Waals surface area contributed by atoms with Crippen molar-refractivity contribution < 1.29 is 0 Å². The number of piperidine rings is 1. The highest BCUT2D eigenvalue weighted by Gasteiger charge is 2.19. The topological polar surface area (TPSA) is 33.1 Å². The third-order valence-electron chi connectivity index (χ3n) is 4.10. The smallest absolute Gasteiger partial charge is 0.207 e. The minimum atomic E-state index is 0.716. The minimum Gasteiger partial charge on any atom is -0.326 e. The zero-order chi connectivity index (χ0) is 14.7. The summed E-state index contributed by atoms with van der Waals surface area (Å²) in [6.07, 6.45) is 4.77. The monoisotopic (exact) mass is 284 g/mol. The summed E-state index contributed by atoms with van der Waals surface area (Å²) >= 11 is 0. The van der Waals surface area contributed by atoms with Gasteiger partial charge in [-0.2, -0.15) is 0 Å². The van der Waals surface area contributed by atoms with E-state index < -0.39 is 0 Å². The van der Waals surface area contributed by atoms with Crippen LogP contribution in [0.1, 0.15) is 18.5 Å². The summed E-state index contributed by atoms with van der Waals surface area (Å²) in [5.41, 5.74) is 2.16. The standard InChI is InChI=1S/C17H24N4/c1-14-11-21(13-15-7-6-10-20(2)12-15)17(18-14)19-16-8-4-3-5-9-16/h3-5,8-9,11,15H,6-7,10,12-13H2,1-2H3,(H,18,19). The van der Waals surface area contributed by atoms with E-state index in [9.17, 15) is 0 Å². The average molecular weight is 284 g/mol. The van der Waals surface area contributed by atoms with Crippen LogP contribution in [0.2, 0.25) is 0 Å². The fraction of sp³-hybridized carbons (Fsp3) is 0.471. The molecule has 0 aliphatic carbocycles. The summed E-state index contributed by atoms with van der Waals surface area (Å²) in [6.45, 7) is 5.51. The van der Waals surface area contributed by atoms with Gasteiger partial charge in [0, 0.05) is 25.0 Å². The van der Waals surface area contributed by atoms with Crippen molar-refractivity contribution in [2.75, 3.05) is 25.5 Å². The largest absolute Gasteiger partial charge is 0.326 e. The molecule has 3 rings (SSSR count). The highest BCUT2D eigenvalue weighted by atomic mass is 15.2. The molecule has 1 aromatic carbocycles. The molecule has 2 heterocycles. The molecule has 0 radical (unpaired) electrons. The molecule has 112 valence electrons. The van der Waals surface area contributed by atoms with Crippen molar-refractivity contribution in [2.45, 2.75) is 26.3 Å². The van der Waals surface area contributed by atoms with E-state index in [1.165, 1.54) is 25.9 Å². The van der Waals surface area contributed by atoms with Gasteiger partial charge >= 0.3 is 0 Å². The van der Waals surface area contributed by atoms with Gasteiger partial charge in [0.25, 0.3) is 0 Å². The first-order chi connectivity index (χ1) is 10.2. The van der Waals surface area contributed by atoms with Crippen molar-refractivity contribution in [3.63, 3.8) is 0 Å². The van der Waals surface area contributed by atoms with Crippen molar-refractivity contribution in [3.05, 3.63) is 42.2 Å². The number of nitrogens with zero attached hydrogens (tertiary/aromatic N) is 3. The zero-order valence-electron chi connectivity index (χ0n) is 12.9. The van der Waals surface area contributed by atoms with E-state index in [-0.39, 0.29) is 0 Å². The minimum absolute atomic E-state index is 0.716. The zero-order valence-corrected chi connectivity index (χ0v) is 12.9. The summed E-state index contributed by atoms with van der Waals surface area (Å²) in [5.74, 6) is 1.67. The van der Waals surface area contributed by atoms with Crippen LogP contribution < -0.4 is 5.32 Å². The molecular formula is C17H24N4. The number of aromatic nitrogens is 2. The van der Waals surface area contributed by atoms with Crippen molar-refractivity contribution in [2.24, 2.45) is 5.92 Å². The van der Waals surface area contributed by atoms with Crippen LogP contribution in [0.4, 0.5) is 11.6 Å². The maximum atomic E-state index is 4.63. The van der Waals surface area contributed by atoms with Gasteiger partial charge in [-0.1, -0.05) is 18.2 Å². The van der Waals surface area contributed by atoms with Crippen LogP contribution in [-0.4, -0.2) is 34.6 Å². The summed E-state index contributed by atoms with van der Waals surface area (Å²) in [7, 11) is 2.22. The molecule has 1 saturated heterocycles. The number of rotatable bonds is 4. The Labute approximate surface area is 126 Å². The molecule has 1 atom stereocenters. The van der Waals surface area contributed by atoms with Crippen LogP contribution in [0.15, 0.2) is 36.5 Å². The first kappa shape index (κ1) is 14.1. The van der Waals surface area contributed by atoms with Gasteiger partial charge in [0.05, 0.1) is 5.69 Å². The SMILES string of the molecule is Cc1cn(CC2CCCN(C)C2)c(Nc2ccccc2)n1. The number of nitrogens with one attached hydrogen (secondary N) is 1. The fourth-order valence-electron chi connectivity index (χ4n) is 3.14. The third kappa shape index (κ3) is 3.64. The number of benzene rings is 1. The maximum Gasteiger partial charge on any atom is 0.207 e. The lowest BCUT2D eigenvalue weighted by molar-refractivity contribution is 0.195. The second-order valence-corrected chi connectivity index (χ2v) is 6.12. The Morgan fingerprint density at radius 2 is 2.10 bits per heavy atom. The molecule has 21 heavy (non-hydrogen) atoms.